The summed E-state index contributed by atoms with van der Waals surface area (Å²) in [6.07, 6.45) is 3.06. The Kier molecular flexibility index (Phi) is 5.76. The van der Waals surface area contributed by atoms with Gasteiger partial charge in [-0.25, -0.2) is 9.78 Å². The number of amides is 3. The van der Waals surface area contributed by atoms with Gasteiger partial charge in [0.1, 0.15) is 0 Å². The lowest BCUT2D eigenvalue weighted by atomic mass is 9.95. The summed E-state index contributed by atoms with van der Waals surface area (Å²) in [5.74, 6) is -0.0910. The van der Waals surface area contributed by atoms with Gasteiger partial charge in [-0.05, 0) is 32.6 Å². The maximum Gasteiger partial charge on any atom is 0.317 e. The van der Waals surface area contributed by atoms with Crippen LogP contribution in [0.4, 0.5) is 4.79 Å². The van der Waals surface area contributed by atoms with Crippen molar-refractivity contribution in [1.82, 2.24) is 15.2 Å². The summed E-state index contributed by atoms with van der Waals surface area (Å²) in [6, 6.07) is -0.0481. The van der Waals surface area contributed by atoms with Gasteiger partial charge in [-0.1, -0.05) is 0 Å². The van der Waals surface area contributed by atoms with Crippen molar-refractivity contribution in [3.05, 3.63) is 15.6 Å². The molecule has 22 heavy (non-hydrogen) atoms. The van der Waals surface area contributed by atoms with Gasteiger partial charge >= 0.3 is 6.03 Å². The van der Waals surface area contributed by atoms with E-state index in [1.54, 1.807) is 16.2 Å². The molecular formula is C15H24N4O2S. The third-order valence-corrected chi connectivity index (χ3v) is 5.06. The molecule has 0 aliphatic carbocycles. The standard InChI is InChI=1S/C15H24N4O2S/c1-10-13(22-11(2)18-10)5-6-17-15(21)19-7-3-4-12(9-19)8-14(16)20/h12H,3-9H2,1-2H3,(H2,16,20)(H,17,21)/t12-/m0/s1. The van der Waals surface area contributed by atoms with Crippen molar-refractivity contribution in [3.63, 3.8) is 0 Å². The fourth-order valence-electron chi connectivity index (χ4n) is 2.90. The molecule has 0 aromatic carbocycles. The second-order valence-corrected chi connectivity index (χ2v) is 7.14. The lowest BCUT2D eigenvalue weighted by Gasteiger charge is -2.32. The van der Waals surface area contributed by atoms with E-state index in [2.05, 4.69) is 10.3 Å². The van der Waals surface area contributed by atoms with Crippen LogP contribution in [0.1, 0.15) is 34.8 Å². The number of aromatic nitrogens is 1. The number of likely N-dealkylation sites (tertiary alicyclic amines) is 1. The number of primary amides is 1. The van der Waals surface area contributed by atoms with Gasteiger partial charge in [-0.2, -0.15) is 0 Å². The van der Waals surface area contributed by atoms with Crippen LogP contribution >= 0.6 is 11.3 Å². The van der Waals surface area contributed by atoms with E-state index in [1.165, 1.54) is 4.88 Å². The summed E-state index contributed by atoms with van der Waals surface area (Å²) >= 11 is 1.68. The van der Waals surface area contributed by atoms with Gasteiger partial charge in [0.05, 0.1) is 10.7 Å². The summed E-state index contributed by atoms with van der Waals surface area (Å²) in [6.45, 7) is 5.97. The minimum atomic E-state index is -0.289. The largest absolute Gasteiger partial charge is 0.370 e. The molecule has 1 atom stereocenters. The number of hydrogen-bond acceptors (Lipinski definition) is 4. The van der Waals surface area contributed by atoms with Crippen LogP contribution < -0.4 is 11.1 Å². The van der Waals surface area contributed by atoms with E-state index < -0.39 is 0 Å². The monoisotopic (exact) mass is 324 g/mol. The molecule has 0 bridgehead atoms. The molecule has 2 rings (SSSR count). The molecule has 6 nitrogen and oxygen atoms in total. The van der Waals surface area contributed by atoms with E-state index in [-0.39, 0.29) is 17.9 Å². The average molecular weight is 324 g/mol. The zero-order valence-electron chi connectivity index (χ0n) is 13.2. The second-order valence-electron chi connectivity index (χ2n) is 5.85. The molecule has 1 aliphatic rings. The summed E-state index contributed by atoms with van der Waals surface area (Å²) in [7, 11) is 0. The highest BCUT2D eigenvalue weighted by Crippen LogP contribution is 2.20. The number of hydrogen-bond donors (Lipinski definition) is 2. The number of aryl methyl sites for hydroxylation is 2. The van der Waals surface area contributed by atoms with Gasteiger partial charge in [0.15, 0.2) is 0 Å². The van der Waals surface area contributed by atoms with Gasteiger partial charge in [0.2, 0.25) is 5.91 Å². The summed E-state index contributed by atoms with van der Waals surface area (Å²) < 4.78 is 0. The molecule has 1 aromatic rings. The molecule has 7 heteroatoms. The highest BCUT2D eigenvalue weighted by atomic mass is 32.1. The molecule has 1 saturated heterocycles. The number of rotatable bonds is 5. The van der Waals surface area contributed by atoms with E-state index in [0.29, 0.717) is 19.5 Å². The Morgan fingerprint density at radius 1 is 1.45 bits per heavy atom. The average Bonchev–Trinajstić information content (AvgIpc) is 2.76. The van der Waals surface area contributed by atoms with Gasteiger partial charge in [0.25, 0.3) is 0 Å². The molecule has 3 amide bonds. The van der Waals surface area contributed by atoms with E-state index in [4.69, 9.17) is 5.73 Å². The molecular weight excluding hydrogens is 300 g/mol. The summed E-state index contributed by atoms with van der Waals surface area (Å²) in [5, 5.41) is 4.02. The molecule has 1 aliphatic heterocycles. The molecule has 3 N–H and O–H groups in total. The SMILES string of the molecule is Cc1nc(C)c(CCNC(=O)N2CCC[C@@H](CC(N)=O)C2)s1. The zero-order valence-corrected chi connectivity index (χ0v) is 14.0. The van der Waals surface area contributed by atoms with Gasteiger partial charge in [-0.15, -0.1) is 11.3 Å². The van der Waals surface area contributed by atoms with Crippen LogP contribution in [0.25, 0.3) is 0 Å². The number of carbonyl (C=O) groups is 2. The Bertz CT molecular complexity index is 544. The minimum absolute atomic E-state index is 0.0481. The van der Waals surface area contributed by atoms with E-state index in [0.717, 1.165) is 36.5 Å². The Morgan fingerprint density at radius 3 is 2.86 bits per heavy atom. The second kappa shape index (κ2) is 7.58. The third-order valence-electron chi connectivity index (χ3n) is 3.92. The lowest BCUT2D eigenvalue weighted by Crippen LogP contribution is -2.46. The van der Waals surface area contributed by atoms with Crippen LogP contribution in [0.15, 0.2) is 0 Å². The smallest absolute Gasteiger partial charge is 0.317 e. The van der Waals surface area contributed by atoms with Crippen molar-refractivity contribution in [1.29, 1.82) is 0 Å². The first-order valence-electron chi connectivity index (χ1n) is 7.69. The van der Waals surface area contributed by atoms with Crippen molar-refractivity contribution in [2.45, 2.75) is 39.5 Å². The van der Waals surface area contributed by atoms with Crippen LogP contribution in [0.2, 0.25) is 0 Å². The van der Waals surface area contributed by atoms with Gasteiger partial charge < -0.3 is 16.0 Å². The van der Waals surface area contributed by atoms with Crippen molar-refractivity contribution in [3.8, 4) is 0 Å². The van der Waals surface area contributed by atoms with Crippen LogP contribution in [0, 0.1) is 19.8 Å². The summed E-state index contributed by atoms with van der Waals surface area (Å²) in [4.78, 5) is 30.6. The van der Waals surface area contributed by atoms with Crippen LogP contribution in [0.5, 0.6) is 0 Å². The first-order valence-corrected chi connectivity index (χ1v) is 8.51. The Labute approximate surface area is 135 Å². The van der Waals surface area contributed by atoms with Gasteiger partial charge in [-0.3, -0.25) is 4.79 Å². The number of nitrogens with one attached hydrogen (secondary N) is 1. The number of nitrogens with two attached hydrogens (primary N) is 1. The lowest BCUT2D eigenvalue weighted by molar-refractivity contribution is -0.119. The van der Waals surface area contributed by atoms with Gasteiger partial charge in [0, 0.05) is 37.4 Å². The Balaban J connectivity index is 1.77. The van der Waals surface area contributed by atoms with Crippen molar-refractivity contribution < 1.29 is 9.59 Å². The van der Waals surface area contributed by atoms with Crippen molar-refractivity contribution in [2.75, 3.05) is 19.6 Å². The Morgan fingerprint density at radius 2 is 2.23 bits per heavy atom. The molecule has 0 radical (unpaired) electrons. The normalized spacial score (nSPS) is 18.3. The minimum Gasteiger partial charge on any atom is -0.370 e. The molecule has 2 heterocycles. The first-order chi connectivity index (χ1) is 10.5. The first kappa shape index (κ1) is 16.7. The fourth-order valence-corrected chi connectivity index (χ4v) is 3.84. The van der Waals surface area contributed by atoms with E-state index in [1.807, 2.05) is 13.8 Å². The predicted octanol–water partition coefficient (Wildman–Crippen LogP) is 1.60. The van der Waals surface area contributed by atoms with Crippen molar-refractivity contribution in [2.24, 2.45) is 11.7 Å². The Hall–Kier alpha value is -1.63. The molecule has 0 spiro atoms. The topological polar surface area (TPSA) is 88.3 Å². The number of urea groups is 1. The third kappa shape index (κ3) is 4.69. The quantitative estimate of drug-likeness (QED) is 0.862. The molecule has 1 fully saturated rings. The van der Waals surface area contributed by atoms with Crippen LogP contribution in [0.3, 0.4) is 0 Å². The highest BCUT2D eigenvalue weighted by Gasteiger charge is 2.24. The van der Waals surface area contributed by atoms with Crippen molar-refractivity contribution >= 4 is 23.3 Å². The molecule has 1 aromatic heterocycles. The highest BCUT2D eigenvalue weighted by molar-refractivity contribution is 7.11. The number of thiazole rings is 1. The van der Waals surface area contributed by atoms with Crippen LogP contribution in [-0.4, -0.2) is 41.5 Å². The summed E-state index contributed by atoms with van der Waals surface area (Å²) in [5.41, 5.74) is 6.29. The zero-order chi connectivity index (χ0) is 16.1. The predicted molar refractivity (Wildman–Crippen MR) is 86.8 cm³/mol. The molecule has 122 valence electrons. The fraction of sp³-hybridized carbons (Fsp3) is 0.667. The van der Waals surface area contributed by atoms with E-state index >= 15 is 0 Å². The number of piperidine rings is 1. The molecule has 0 saturated carbocycles. The number of carbonyl (C=O) groups excluding carboxylic acids is 2. The maximum atomic E-state index is 12.2. The maximum absolute atomic E-state index is 12.2. The molecule has 0 unspecified atom stereocenters. The van der Waals surface area contributed by atoms with E-state index in [9.17, 15) is 9.59 Å². The number of nitrogens with zero attached hydrogens (tertiary/aromatic N) is 2. The van der Waals surface area contributed by atoms with Crippen LogP contribution in [-0.2, 0) is 11.2 Å².